The Morgan fingerprint density at radius 3 is 2.39 bits per heavy atom. The zero-order valence-corrected chi connectivity index (χ0v) is 17.2. The number of rotatable bonds is 2. The minimum absolute atomic E-state index is 0.393. The molecule has 4 aromatic heterocycles. The van der Waals surface area contributed by atoms with E-state index in [1.807, 2.05) is 76.6 Å². The van der Waals surface area contributed by atoms with Crippen molar-refractivity contribution in [2.24, 2.45) is 7.05 Å². The third kappa shape index (κ3) is 3.91. The van der Waals surface area contributed by atoms with Gasteiger partial charge in [-0.15, -0.1) is 0 Å². The molecule has 0 saturated heterocycles. The largest absolute Gasteiger partial charge is 0.332 e. The van der Waals surface area contributed by atoms with E-state index in [1.54, 1.807) is 6.33 Å². The summed E-state index contributed by atoms with van der Waals surface area (Å²) in [6.07, 6.45) is 3.25. The summed E-state index contributed by atoms with van der Waals surface area (Å²) in [6.45, 7) is 9.95. The topological polar surface area (TPSA) is 84.7 Å². The van der Waals surface area contributed by atoms with Crippen LogP contribution in [0.2, 0.25) is 0 Å². The molecule has 144 valence electrons. The van der Waals surface area contributed by atoms with E-state index in [1.165, 1.54) is 10.7 Å². The first-order chi connectivity index (χ1) is 13.7. The van der Waals surface area contributed by atoms with Crippen LogP contribution in [0.5, 0.6) is 0 Å². The minimum Gasteiger partial charge on any atom is -0.332 e. The van der Waals surface area contributed by atoms with Gasteiger partial charge in [0.1, 0.15) is 17.5 Å². The molecular weight excluding hydrogens is 350 g/mol. The highest BCUT2D eigenvalue weighted by Gasteiger charge is 2.17. The average molecular weight is 375 g/mol. The Labute approximate surface area is 165 Å². The Hall–Kier alpha value is -3.53. The van der Waals surface area contributed by atoms with Crippen molar-refractivity contribution in [3.63, 3.8) is 0 Å². The van der Waals surface area contributed by atoms with Crippen LogP contribution < -0.4 is 0 Å². The Morgan fingerprint density at radius 2 is 1.71 bits per heavy atom. The van der Waals surface area contributed by atoms with Crippen molar-refractivity contribution in [3.8, 4) is 28.8 Å². The Morgan fingerprint density at radius 1 is 0.964 bits per heavy atom. The number of fused-ring (bicyclic) bond motifs is 1. The maximum absolute atomic E-state index is 9.19. The van der Waals surface area contributed by atoms with Crippen LogP contribution in [0, 0.1) is 18.3 Å². The normalized spacial score (nSPS) is 9.75. The summed E-state index contributed by atoms with van der Waals surface area (Å²) >= 11 is 0. The Kier molecular flexibility index (Phi) is 6.99. The monoisotopic (exact) mass is 375 g/mol. The maximum Gasteiger partial charge on any atom is 0.162 e. The van der Waals surface area contributed by atoms with Crippen LogP contribution in [0.25, 0.3) is 28.4 Å². The molecule has 0 aliphatic heterocycles. The Bertz CT molecular complexity index is 1100. The summed E-state index contributed by atoms with van der Waals surface area (Å²) in [7, 11) is 1.91. The van der Waals surface area contributed by atoms with Crippen molar-refractivity contribution in [1.29, 1.82) is 5.26 Å². The van der Waals surface area contributed by atoms with E-state index in [9.17, 15) is 5.26 Å². The summed E-state index contributed by atoms with van der Waals surface area (Å²) in [5.74, 6) is 0. The summed E-state index contributed by atoms with van der Waals surface area (Å²) in [6, 6.07) is 11.6. The highest BCUT2D eigenvalue weighted by Crippen LogP contribution is 2.28. The average Bonchev–Trinajstić information content (AvgIpc) is 3.33. The second-order valence-electron chi connectivity index (χ2n) is 5.46. The predicted molar refractivity (Wildman–Crippen MR) is 111 cm³/mol. The first kappa shape index (κ1) is 20.8. The van der Waals surface area contributed by atoms with E-state index in [4.69, 9.17) is 0 Å². The van der Waals surface area contributed by atoms with Crippen molar-refractivity contribution in [2.75, 3.05) is 0 Å². The molecule has 4 heterocycles. The van der Waals surface area contributed by atoms with Crippen molar-refractivity contribution in [1.82, 2.24) is 29.1 Å². The highest BCUT2D eigenvalue weighted by molar-refractivity contribution is 5.75. The van der Waals surface area contributed by atoms with E-state index in [-0.39, 0.29) is 0 Å². The molecule has 0 amide bonds. The first-order valence-electron chi connectivity index (χ1n) is 9.38. The molecule has 7 heteroatoms. The van der Waals surface area contributed by atoms with Gasteiger partial charge in [-0.1, -0.05) is 33.8 Å². The van der Waals surface area contributed by atoms with Crippen LogP contribution in [0.4, 0.5) is 0 Å². The number of aryl methyl sites for hydroxylation is 2. The van der Waals surface area contributed by atoms with E-state index in [0.717, 1.165) is 22.8 Å². The number of nitriles is 1. The van der Waals surface area contributed by atoms with E-state index < -0.39 is 0 Å². The molecule has 0 aliphatic rings. The van der Waals surface area contributed by atoms with Gasteiger partial charge in [-0.2, -0.15) is 10.4 Å². The fourth-order valence-corrected chi connectivity index (χ4v) is 2.67. The van der Waals surface area contributed by atoms with Gasteiger partial charge in [0, 0.05) is 12.7 Å². The second kappa shape index (κ2) is 9.42. The molecule has 0 bridgehead atoms. The van der Waals surface area contributed by atoms with E-state index in [0.29, 0.717) is 17.0 Å². The molecule has 4 rings (SSSR count). The van der Waals surface area contributed by atoms with Crippen LogP contribution >= 0.6 is 0 Å². The smallest absolute Gasteiger partial charge is 0.162 e. The second-order valence-corrected chi connectivity index (χ2v) is 5.46. The number of nitrogens with zero attached hydrogens (tertiary/aromatic N) is 7. The van der Waals surface area contributed by atoms with Gasteiger partial charge in [0.05, 0.1) is 23.9 Å². The molecule has 0 aromatic carbocycles. The van der Waals surface area contributed by atoms with Crippen LogP contribution in [0.3, 0.4) is 0 Å². The lowest BCUT2D eigenvalue weighted by Crippen LogP contribution is -2.01. The quantitative estimate of drug-likeness (QED) is 0.517. The molecule has 0 spiro atoms. The molecule has 4 aromatic rings. The molecule has 0 N–H and O–H groups in total. The fraction of sp³-hybridized carbons (Fsp3) is 0.286. The van der Waals surface area contributed by atoms with Gasteiger partial charge >= 0.3 is 0 Å². The maximum atomic E-state index is 9.19. The third-order valence-corrected chi connectivity index (χ3v) is 3.79. The van der Waals surface area contributed by atoms with Crippen LogP contribution in [-0.4, -0.2) is 29.1 Å². The lowest BCUT2D eigenvalue weighted by molar-refractivity contribution is 0.884. The van der Waals surface area contributed by atoms with Gasteiger partial charge in [-0.05, 0) is 31.2 Å². The highest BCUT2D eigenvalue weighted by atomic mass is 15.3. The van der Waals surface area contributed by atoms with Gasteiger partial charge in [-0.3, -0.25) is 4.98 Å². The molecule has 0 saturated carbocycles. The van der Waals surface area contributed by atoms with Crippen LogP contribution in [-0.2, 0) is 7.05 Å². The lowest BCUT2D eigenvalue weighted by atomic mass is 10.1. The third-order valence-electron chi connectivity index (χ3n) is 3.79. The lowest BCUT2D eigenvalue weighted by Gasteiger charge is -2.06. The summed E-state index contributed by atoms with van der Waals surface area (Å²) < 4.78 is 3.44. The van der Waals surface area contributed by atoms with Gasteiger partial charge in [0.2, 0.25) is 0 Å². The number of imidazole rings is 2. The van der Waals surface area contributed by atoms with E-state index >= 15 is 0 Å². The zero-order valence-electron chi connectivity index (χ0n) is 17.2. The molecule has 0 fully saturated rings. The first-order valence-corrected chi connectivity index (χ1v) is 9.38. The molecule has 7 nitrogen and oxygen atoms in total. The molecule has 0 atom stereocenters. The van der Waals surface area contributed by atoms with Gasteiger partial charge in [0.15, 0.2) is 11.3 Å². The van der Waals surface area contributed by atoms with Crippen molar-refractivity contribution < 1.29 is 0 Å². The van der Waals surface area contributed by atoms with E-state index in [2.05, 4.69) is 26.1 Å². The molecule has 0 aliphatic carbocycles. The fourth-order valence-electron chi connectivity index (χ4n) is 2.67. The minimum atomic E-state index is 0.393. The molecule has 0 radical (unpaired) electrons. The summed E-state index contributed by atoms with van der Waals surface area (Å²) in [4.78, 5) is 13.2. The standard InChI is InChI=1S/C17H13N7.2C2H6/c1-11-4-3-5-13(21-11)16-17(23(2)10-20-16)14-6-7-15-19-9-12(8-18)24(15)22-14;2*1-2/h3-7,9-10H,1-2H3;2*1-2H3. The number of hydrogen-bond donors (Lipinski definition) is 0. The molecule has 0 unspecified atom stereocenters. The van der Waals surface area contributed by atoms with Gasteiger partial charge < -0.3 is 4.57 Å². The summed E-state index contributed by atoms with van der Waals surface area (Å²) in [5, 5.41) is 13.7. The predicted octanol–water partition coefficient (Wildman–Crippen LogP) is 4.42. The van der Waals surface area contributed by atoms with Crippen LogP contribution in [0.15, 0.2) is 42.9 Å². The van der Waals surface area contributed by atoms with Gasteiger partial charge in [-0.25, -0.2) is 14.5 Å². The zero-order chi connectivity index (χ0) is 20.7. The van der Waals surface area contributed by atoms with Crippen molar-refractivity contribution in [3.05, 3.63) is 54.2 Å². The van der Waals surface area contributed by atoms with Crippen molar-refractivity contribution >= 4 is 5.65 Å². The van der Waals surface area contributed by atoms with Gasteiger partial charge in [0.25, 0.3) is 0 Å². The Balaban J connectivity index is 0.000000660. The number of aromatic nitrogens is 6. The SMILES string of the molecule is CC.CC.Cc1cccc(-c2ncn(C)c2-c2ccc3ncc(C#N)n3n2)n1. The van der Waals surface area contributed by atoms with Crippen LogP contribution in [0.1, 0.15) is 39.1 Å². The number of pyridine rings is 1. The summed E-state index contributed by atoms with van der Waals surface area (Å²) in [5.41, 5.74) is 5.04. The van der Waals surface area contributed by atoms with Crippen molar-refractivity contribution in [2.45, 2.75) is 34.6 Å². The molecule has 28 heavy (non-hydrogen) atoms. The molecular formula is C21H25N7. The number of hydrogen-bond acceptors (Lipinski definition) is 5.